The summed E-state index contributed by atoms with van der Waals surface area (Å²) in [4.78, 5) is 21.6. The maximum absolute atomic E-state index is 11.7. The van der Waals surface area contributed by atoms with Crippen LogP contribution in [0, 0.1) is 0 Å². The van der Waals surface area contributed by atoms with E-state index in [9.17, 15) is 4.79 Å². The van der Waals surface area contributed by atoms with Crippen LogP contribution < -0.4 is 14.8 Å². The molecule has 1 N–H and O–H groups in total. The van der Waals surface area contributed by atoms with Gasteiger partial charge in [0, 0.05) is 34.2 Å². The number of hydrogen-bond donors (Lipinski definition) is 1. The molecule has 0 bridgehead atoms. The molecule has 8 heteroatoms. The van der Waals surface area contributed by atoms with Crippen molar-refractivity contribution in [3.05, 3.63) is 64.6 Å². The monoisotopic (exact) mass is 467 g/mol. The highest BCUT2D eigenvalue weighted by Gasteiger charge is 2.21. The van der Waals surface area contributed by atoms with Crippen LogP contribution in [0.3, 0.4) is 0 Å². The molecular formula is C24H19Cl2N3O3. The standard InChI is InChI=1S/C24H19Cl2N3O3/c1-13(30)27-18-12-19(31-2)22-23(24(18)32-3)29-21(15-6-10-17(26)11-7-15)20(28-22)14-4-8-16(25)9-5-14/h4-12H,1-3H3,(H,27,30). The Morgan fingerprint density at radius 1 is 0.812 bits per heavy atom. The summed E-state index contributed by atoms with van der Waals surface area (Å²) in [5.41, 5.74) is 4.32. The zero-order valence-electron chi connectivity index (χ0n) is 17.6. The van der Waals surface area contributed by atoms with Crippen LogP contribution in [0.15, 0.2) is 54.6 Å². The average Bonchev–Trinajstić information content (AvgIpc) is 2.78. The number of halogens is 2. The summed E-state index contributed by atoms with van der Waals surface area (Å²) in [6.07, 6.45) is 0. The molecule has 6 nitrogen and oxygen atoms in total. The number of carbonyl (C=O) groups excluding carboxylic acids is 1. The van der Waals surface area contributed by atoms with E-state index < -0.39 is 0 Å². The van der Waals surface area contributed by atoms with Gasteiger partial charge in [0.15, 0.2) is 5.75 Å². The first kappa shape index (κ1) is 21.9. The lowest BCUT2D eigenvalue weighted by molar-refractivity contribution is -0.114. The number of methoxy groups -OCH3 is 2. The maximum Gasteiger partial charge on any atom is 0.221 e. The first-order valence-electron chi connectivity index (χ1n) is 9.67. The van der Waals surface area contributed by atoms with Gasteiger partial charge in [0.25, 0.3) is 0 Å². The Balaban J connectivity index is 2.09. The number of ether oxygens (including phenoxy) is 2. The number of rotatable bonds is 5. The number of hydrogen-bond acceptors (Lipinski definition) is 5. The van der Waals surface area contributed by atoms with Crippen molar-refractivity contribution in [2.75, 3.05) is 19.5 Å². The topological polar surface area (TPSA) is 73.3 Å². The average molecular weight is 468 g/mol. The third-order valence-corrected chi connectivity index (χ3v) is 5.34. The summed E-state index contributed by atoms with van der Waals surface area (Å²) in [7, 11) is 3.05. The summed E-state index contributed by atoms with van der Waals surface area (Å²) in [6, 6.07) is 16.4. The van der Waals surface area contributed by atoms with E-state index in [1.54, 1.807) is 30.3 Å². The molecule has 0 atom stereocenters. The fraction of sp³-hybridized carbons (Fsp3) is 0.125. The van der Waals surface area contributed by atoms with Crippen molar-refractivity contribution < 1.29 is 14.3 Å². The largest absolute Gasteiger partial charge is 0.494 e. The van der Waals surface area contributed by atoms with Gasteiger partial charge in [-0.15, -0.1) is 0 Å². The summed E-state index contributed by atoms with van der Waals surface area (Å²) in [6.45, 7) is 1.42. The van der Waals surface area contributed by atoms with Gasteiger partial charge in [0.1, 0.15) is 16.8 Å². The normalized spacial score (nSPS) is 10.8. The smallest absolute Gasteiger partial charge is 0.221 e. The number of amides is 1. The quantitative estimate of drug-likeness (QED) is 0.375. The van der Waals surface area contributed by atoms with Crippen molar-refractivity contribution in [3.63, 3.8) is 0 Å². The minimum Gasteiger partial charge on any atom is -0.494 e. The lowest BCUT2D eigenvalue weighted by Gasteiger charge is -2.17. The summed E-state index contributed by atoms with van der Waals surface area (Å²) in [5.74, 6) is 0.602. The molecule has 1 heterocycles. The highest BCUT2D eigenvalue weighted by atomic mass is 35.5. The second kappa shape index (κ2) is 9.02. The predicted octanol–water partition coefficient (Wildman–Crippen LogP) is 6.25. The maximum atomic E-state index is 11.7. The number of aromatic nitrogens is 2. The lowest BCUT2D eigenvalue weighted by Crippen LogP contribution is -2.09. The Kier molecular flexibility index (Phi) is 6.17. The van der Waals surface area contributed by atoms with Crippen LogP contribution in [-0.2, 0) is 4.79 Å². The Bertz CT molecular complexity index is 1310. The van der Waals surface area contributed by atoms with Gasteiger partial charge in [-0.1, -0.05) is 47.5 Å². The van der Waals surface area contributed by atoms with Gasteiger partial charge in [-0.3, -0.25) is 4.79 Å². The number of nitrogens with zero attached hydrogens (tertiary/aromatic N) is 2. The predicted molar refractivity (Wildman–Crippen MR) is 128 cm³/mol. The van der Waals surface area contributed by atoms with Crippen molar-refractivity contribution in [3.8, 4) is 34.0 Å². The van der Waals surface area contributed by atoms with Crippen molar-refractivity contribution in [2.45, 2.75) is 6.92 Å². The van der Waals surface area contributed by atoms with E-state index in [0.717, 1.165) is 11.1 Å². The van der Waals surface area contributed by atoms with Crippen LogP contribution in [0.5, 0.6) is 11.5 Å². The molecule has 1 amide bonds. The minimum atomic E-state index is -0.242. The molecule has 4 aromatic rings. The molecule has 0 saturated heterocycles. The number of nitrogens with one attached hydrogen (secondary N) is 1. The minimum absolute atomic E-state index is 0.242. The van der Waals surface area contributed by atoms with Crippen LogP contribution in [0.25, 0.3) is 33.5 Å². The molecule has 1 aromatic heterocycles. The van der Waals surface area contributed by atoms with Gasteiger partial charge in [0.05, 0.1) is 31.3 Å². The molecular weight excluding hydrogens is 449 g/mol. The summed E-state index contributed by atoms with van der Waals surface area (Å²) >= 11 is 12.2. The van der Waals surface area contributed by atoms with Crippen LogP contribution in [-0.4, -0.2) is 30.1 Å². The van der Waals surface area contributed by atoms with Crippen LogP contribution in [0.4, 0.5) is 5.69 Å². The summed E-state index contributed by atoms with van der Waals surface area (Å²) < 4.78 is 11.2. The fourth-order valence-electron chi connectivity index (χ4n) is 3.42. The molecule has 4 rings (SSSR count). The van der Waals surface area contributed by atoms with Gasteiger partial charge in [-0.25, -0.2) is 9.97 Å². The fourth-order valence-corrected chi connectivity index (χ4v) is 3.67. The van der Waals surface area contributed by atoms with Crippen molar-refractivity contribution >= 4 is 45.8 Å². The van der Waals surface area contributed by atoms with E-state index in [1.165, 1.54) is 21.1 Å². The number of benzene rings is 3. The Morgan fingerprint density at radius 3 is 1.75 bits per heavy atom. The SMILES string of the molecule is COc1cc(NC(C)=O)c(OC)c2nc(-c3ccc(Cl)cc3)c(-c3ccc(Cl)cc3)nc12. The molecule has 0 aliphatic heterocycles. The van der Waals surface area contributed by atoms with Crippen molar-refractivity contribution in [1.82, 2.24) is 9.97 Å². The first-order chi connectivity index (χ1) is 15.4. The first-order valence-corrected chi connectivity index (χ1v) is 10.4. The lowest BCUT2D eigenvalue weighted by atomic mass is 10.0. The number of carbonyl (C=O) groups is 1. The van der Waals surface area contributed by atoms with Crippen molar-refractivity contribution in [1.29, 1.82) is 0 Å². The van der Waals surface area contributed by atoms with E-state index in [4.69, 9.17) is 42.6 Å². The Morgan fingerprint density at radius 2 is 1.31 bits per heavy atom. The van der Waals surface area contributed by atoms with Crippen LogP contribution in [0.1, 0.15) is 6.92 Å². The highest BCUT2D eigenvalue weighted by molar-refractivity contribution is 6.31. The van der Waals surface area contributed by atoms with Crippen LogP contribution in [0.2, 0.25) is 10.0 Å². The van der Waals surface area contributed by atoms with Gasteiger partial charge in [-0.2, -0.15) is 0 Å². The van der Waals surface area contributed by atoms with E-state index in [0.29, 0.717) is 49.7 Å². The van der Waals surface area contributed by atoms with Gasteiger partial charge < -0.3 is 14.8 Å². The second-order valence-electron chi connectivity index (χ2n) is 6.97. The molecule has 32 heavy (non-hydrogen) atoms. The molecule has 0 unspecified atom stereocenters. The van der Waals surface area contributed by atoms with E-state index >= 15 is 0 Å². The van der Waals surface area contributed by atoms with E-state index in [1.807, 2.05) is 24.3 Å². The zero-order valence-corrected chi connectivity index (χ0v) is 19.1. The molecule has 0 radical (unpaired) electrons. The molecule has 162 valence electrons. The molecule has 0 saturated carbocycles. The number of fused-ring (bicyclic) bond motifs is 1. The Labute approximate surface area is 195 Å². The second-order valence-corrected chi connectivity index (χ2v) is 7.85. The number of anilines is 1. The molecule has 0 aliphatic rings. The zero-order chi connectivity index (χ0) is 22.8. The third kappa shape index (κ3) is 4.20. The summed E-state index contributed by atoms with van der Waals surface area (Å²) in [5, 5.41) is 4.00. The van der Waals surface area contributed by atoms with E-state index in [2.05, 4.69) is 5.32 Å². The van der Waals surface area contributed by atoms with Gasteiger partial charge in [-0.05, 0) is 24.3 Å². The molecule has 0 fully saturated rings. The van der Waals surface area contributed by atoms with Gasteiger partial charge in [0.2, 0.25) is 5.91 Å². The third-order valence-electron chi connectivity index (χ3n) is 4.83. The Hall–Kier alpha value is -3.35. The van der Waals surface area contributed by atoms with Gasteiger partial charge >= 0.3 is 0 Å². The molecule has 3 aromatic carbocycles. The molecule has 0 spiro atoms. The highest BCUT2D eigenvalue weighted by Crippen LogP contribution is 2.41. The van der Waals surface area contributed by atoms with Crippen LogP contribution >= 0.6 is 23.2 Å². The molecule has 0 aliphatic carbocycles. The van der Waals surface area contributed by atoms with Crippen molar-refractivity contribution in [2.24, 2.45) is 0 Å². The van der Waals surface area contributed by atoms with E-state index in [-0.39, 0.29) is 5.91 Å².